The molecule has 0 saturated heterocycles. The first-order chi connectivity index (χ1) is 18.2. The summed E-state index contributed by atoms with van der Waals surface area (Å²) in [7, 11) is 0. The van der Waals surface area contributed by atoms with Crippen LogP contribution in [0.5, 0.6) is 11.5 Å². The summed E-state index contributed by atoms with van der Waals surface area (Å²) in [5.74, 6) is -0.0157. The van der Waals surface area contributed by atoms with E-state index in [4.69, 9.17) is 4.98 Å². The fourth-order valence-electron chi connectivity index (χ4n) is 4.75. The van der Waals surface area contributed by atoms with E-state index in [1.165, 1.54) is 12.1 Å². The van der Waals surface area contributed by atoms with Crippen LogP contribution in [-0.2, 0) is 28.1 Å². The number of carbonyl (C=O) groups excluding carboxylic acids is 1. The molecule has 1 atom stereocenters. The summed E-state index contributed by atoms with van der Waals surface area (Å²) in [4.78, 5) is 18.3. The van der Waals surface area contributed by atoms with E-state index in [9.17, 15) is 18.1 Å². The second kappa shape index (κ2) is 9.23. The number of hydrogen-bond donors (Lipinski definition) is 2. The van der Waals surface area contributed by atoms with Gasteiger partial charge in [0.1, 0.15) is 12.1 Å². The van der Waals surface area contributed by atoms with Gasteiger partial charge in [0, 0.05) is 22.3 Å². The second-order valence-electron chi connectivity index (χ2n) is 9.42. The van der Waals surface area contributed by atoms with Gasteiger partial charge in [-0.25, -0.2) is 4.98 Å². The largest absolute Gasteiger partial charge is 0.598 e. The van der Waals surface area contributed by atoms with Gasteiger partial charge in [-0.15, -0.1) is 13.5 Å². The molecule has 3 aromatic carbocycles. The van der Waals surface area contributed by atoms with Crippen LogP contribution in [0.2, 0.25) is 0 Å². The summed E-state index contributed by atoms with van der Waals surface area (Å²) in [6.45, 7) is 0.440. The lowest BCUT2D eigenvalue weighted by Crippen LogP contribution is -2.28. The highest BCUT2D eigenvalue weighted by molar-refractivity contribution is 7.88. The van der Waals surface area contributed by atoms with Crippen molar-refractivity contribution in [3.8, 4) is 22.8 Å². The first-order valence-corrected chi connectivity index (χ1v) is 13.6. The minimum absolute atomic E-state index is 0.0570. The molecule has 2 heterocycles. The van der Waals surface area contributed by atoms with Crippen molar-refractivity contribution in [2.75, 3.05) is 11.6 Å². The van der Waals surface area contributed by atoms with Gasteiger partial charge < -0.3 is 19.3 Å². The van der Waals surface area contributed by atoms with Crippen LogP contribution in [0, 0.1) is 0 Å². The van der Waals surface area contributed by atoms with Gasteiger partial charge in [0.2, 0.25) is 5.91 Å². The van der Waals surface area contributed by atoms with Crippen LogP contribution in [0.25, 0.3) is 22.0 Å². The number of halogens is 2. The molecule has 0 radical (unpaired) electrons. The fourth-order valence-corrected chi connectivity index (χ4v) is 5.12. The Hall–Kier alpha value is -3.73. The maximum atomic E-state index is 13.5. The van der Waals surface area contributed by atoms with Crippen molar-refractivity contribution in [2.45, 2.75) is 31.1 Å². The third kappa shape index (κ3) is 4.66. The van der Waals surface area contributed by atoms with Gasteiger partial charge in [0.05, 0.1) is 17.7 Å². The Balaban J connectivity index is 1.31. The van der Waals surface area contributed by atoms with Gasteiger partial charge in [-0.1, -0.05) is 48.5 Å². The maximum absolute atomic E-state index is 13.5. The number of anilines is 1. The summed E-state index contributed by atoms with van der Waals surface area (Å²) < 4.78 is 50.4. The molecule has 1 fully saturated rings. The predicted octanol–water partition coefficient (Wildman–Crippen LogP) is 5.28. The first-order valence-electron chi connectivity index (χ1n) is 12.0. The lowest BCUT2D eigenvalue weighted by atomic mass is 9.94. The number of carbonyl (C=O) groups is 1. The van der Waals surface area contributed by atoms with Gasteiger partial charge >= 0.3 is 6.29 Å². The molecule has 1 unspecified atom stereocenters. The fraction of sp³-hybridized carbons (Fsp3) is 0.214. The number of rotatable bonds is 7. The molecule has 10 heteroatoms. The Morgan fingerprint density at radius 2 is 1.82 bits per heavy atom. The Kier molecular flexibility index (Phi) is 5.97. The topological polar surface area (TPSA) is 95.5 Å². The number of amides is 1. The van der Waals surface area contributed by atoms with Crippen molar-refractivity contribution < 1.29 is 27.6 Å². The van der Waals surface area contributed by atoms with Crippen LogP contribution in [0.3, 0.4) is 0 Å². The SMILES string of the molecule is C[S+]([O-])NCc1cccc(-c2nc(NC(=O)C3(c4ccc5c(c4)OC(F)(F)O5)CC3)cc3ccccc23)c1. The minimum Gasteiger partial charge on any atom is -0.598 e. The Morgan fingerprint density at radius 1 is 1.03 bits per heavy atom. The van der Waals surface area contributed by atoms with Crippen molar-refractivity contribution in [2.24, 2.45) is 0 Å². The van der Waals surface area contributed by atoms with Crippen LogP contribution in [0.4, 0.5) is 14.6 Å². The average Bonchev–Trinajstić information content (AvgIpc) is 3.64. The number of hydrogen-bond acceptors (Lipinski definition) is 6. The smallest absolute Gasteiger partial charge is 0.586 e. The molecule has 1 saturated carbocycles. The highest BCUT2D eigenvalue weighted by Crippen LogP contribution is 2.52. The third-order valence-electron chi connectivity index (χ3n) is 6.80. The normalized spacial score (nSPS) is 17.3. The molecule has 6 rings (SSSR count). The third-order valence-corrected chi connectivity index (χ3v) is 7.35. The molecule has 38 heavy (non-hydrogen) atoms. The van der Waals surface area contributed by atoms with Gasteiger partial charge in [-0.05, 0) is 53.6 Å². The average molecular weight is 536 g/mol. The molecule has 1 aliphatic heterocycles. The van der Waals surface area contributed by atoms with Crippen molar-refractivity contribution in [3.63, 3.8) is 0 Å². The zero-order chi connectivity index (χ0) is 26.5. The highest BCUT2D eigenvalue weighted by atomic mass is 32.2. The highest BCUT2D eigenvalue weighted by Gasteiger charge is 2.53. The van der Waals surface area contributed by atoms with Gasteiger partial charge in [0.15, 0.2) is 11.5 Å². The number of pyridine rings is 1. The lowest BCUT2D eigenvalue weighted by Gasteiger charge is -2.17. The summed E-state index contributed by atoms with van der Waals surface area (Å²) in [5, 5.41) is 4.79. The van der Waals surface area contributed by atoms with E-state index in [-0.39, 0.29) is 17.4 Å². The van der Waals surface area contributed by atoms with E-state index in [1.54, 1.807) is 12.3 Å². The number of alkyl halides is 2. The molecular weight excluding hydrogens is 512 g/mol. The van der Waals surface area contributed by atoms with Crippen molar-refractivity contribution in [1.29, 1.82) is 0 Å². The summed E-state index contributed by atoms with van der Waals surface area (Å²) in [5.41, 5.74) is 2.24. The van der Waals surface area contributed by atoms with E-state index in [2.05, 4.69) is 19.5 Å². The number of benzene rings is 3. The molecule has 0 spiro atoms. The van der Waals surface area contributed by atoms with Gasteiger partial charge in [0.25, 0.3) is 0 Å². The van der Waals surface area contributed by atoms with Crippen LogP contribution in [0.15, 0.2) is 72.8 Å². The molecule has 0 bridgehead atoms. The Labute approximate surface area is 220 Å². The summed E-state index contributed by atoms with van der Waals surface area (Å²) in [6.07, 6.45) is -0.991. The molecule has 2 aliphatic rings. The monoisotopic (exact) mass is 535 g/mol. The summed E-state index contributed by atoms with van der Waals surface area (Å²) >= 11 is -1.14. The van der Waals surface area contributed by atoms with E-state index in [1.807, 2.05) is 54.6 Å². The van der Waals surface area contributed by atoms with Crippen LogP contribution < -0.4 is 19.5 Å². The predicted molar refractivity (Wildman–Crippen MR) is 140 cm³/mol. The number of ether oxygens (including phenoxy) is 2. The Morgan fingerprint density at radius 3 is 2.61 bits per heavy atom. The molecule has 1 aromatic heterocycles. The molecule has 1 aliphatic carbocycles. The van der Waals surface area contributed by atoms with Crippen LogP contribution >= 0.6 is 0 Å². The molecular formula is C28H23F2N3O4S. The minimum atomic E-state index is -3.72. The number of fused-ring (bicyclic) bond motifs is 2. The van der Waals surface area contributed by atoms with Gasteiger partial charge in [-0.2, -0.15) is 0 Å². The second-order valence-corrected chi connectivity index (χ2v) is 10.6. The zero-order valence-electron chi connectivity index (χ0n) is 20.3. The Bertz CT molecular complexity index is 1560. The molecule has 4 aromatic rings. The first kappa shape index (κ1) is 24.6. The molecule has 1 amide bonds. The molecule has 194 valence electrons. The zero-order valence-corrected chi connectivity index (χ0v) is 21.1. The number of aromatic nitrogens is 1. The van der Waals surface area contributed by atoms with E-state index < -0.39 is 23.1 Å². The number of nitrogens with zero attached hydrogens (tertiary/aromatic N) is 1. The molecule has 7 nitrogen and oxygen atoms in total. The number of nitrogens with one attached hydrogen (secondary N) is 2. The quantitative estimate of drug-likeness (QED) is 0.313. The van der Waals surface area contributed by atoms with Crippen LogP contribution in [0.1, 0.15) is 24.0 Å². The summed E-state index contributed by atoms with van der Waals surface area (Å²) in [6, 6.07) is 21.8. The molecule has 2 N–H and O–H groups in total. The lowest BCUT2D eigenvalue weighted by molar-refractivity contribution is -0.286. The van der Waals surface area contributed by atoms with Gasteiger partial charge in [-0.3, -0.25) is 4.79 Å². The van der Waals surface area contributed by atoms with Crippen molar-refractivity contribution >= 4 is 33.9 Å². The van der Waals surface area contributed by atoms with Crippen LogP contribution in [-0.4, -0.2) is 28.0 Å². The maximum Gasteiger partial charge on any atom is 0.586 e. The van der Waals surface area contributed by atoms with E-state index in [0.717, 1.165) is 21.9 Å². The van der Waals surface area contributed by atoms with E-state index >= 15 is 0 Å². The van der Waals surface area contributed by atoms with Crippen molar-refractivity contribution in [1.82, 2.24) is 9.71 Å². The van der Waals surface area contributed by atoms with E-state index in [0.29, 0.717) is 36.5 Å². The standard InChI is InChI=1S/C28H23F2N3O4S/c1-38(35)31-16-17-5-4-7-19(13-17)25-21-8-3-2-6-18(21)14-24(32-25)33-26(34)27(11-12-27)20-9-10-22-23(15-20)37-28(29,30)36-22/h2-10,13-15,31H,11-12,16H2,1H3,(H,32,33,34). The van der Waals surface area contributed by atoms with Crippen molar-refractivity contribution in [3.05, 3.63) is 83.9 Å².